The van der Waals surface area contributed by atoms with Gasteiger partial charge in [-0.3, -0.25) is 4.79 Å². The molecule has 2 rings (SSSR count). The Bertz CT molecular complexity index is 676. The molecule has 0 aromatic carbocycles. The molecule has 6 nitrogen and oxygen atoms in total. The summed E-state index contributed by atoms with van der Waals surface area (Å²) in [6, 6.07) is 5.83. The average Bonchev–Trinajstić information content (AvgIpc) is 2.96. The van der Waals surface area contributed by atoms with E-state index in [-0.39, 0.29) is 5.91 Å². The summed E-state index contributed by atoms with van der Waals surface area (Å²) in [5.74, 6) is -0.0802. The standard InChI is InChI=1S/C19H31N5O/c1-5-23(6-2)13-10-8-12-20-19(25)18-16(15-22(3)4)24-14-9-7-11-17(24)21-18/h7,9,11,14H,5-6,8,10,12-13,15H2,1-4H3,(H,20,25). The number of carbonyl (C=O) groups excluding carboxylic acids is 1. The van der Waals surface area contributed by atoms with Crippen molar-refractivity contribution in [3.63, 3.8) is 0 Å². The van der Waals surface area contributed by atoms with Crippen LogP contribution in [0.1, 0.15) is 42.9 Å². The minimum absolute atomic E-state index is 0.0802. The first-order valence-electron chi connectivity index (χ1n) is 9.18. The molecular formula is C19H31N5O. The molecule has 2 aromatic heterocycles. The molecule has 0 unspecified atom stereocenters. The molecule has 0 bridgehead atoms. The number of aromatic nitrogens is 2. The fourth-order valence-electron chi connectivity index (χ4n) is 2.96. The highest BCUT2D eigenvalue weighted by molar-refractivity contribution is 5.94. The third-order valence-corrected chi connectivity index (χ3v) is 4.39. The molecule has 25 heavy (non-hydrogen) atoms. The van der Waals surface area contributed by atoms with Gasteiger partial charge in [0.15, 0.2) is 5.69 Å². The van der Waals surface area contributed by atoms with Crippen LogP contribution in [-0.2, 0) is 6.54 Å². The topological polar surface area (TPSA) is 52.9 Å². The fraction of sp³-hybridized carbons (Fsp3) is 0.579. The van der Waals surface area contributed by atoms with Crippen LogP contribution in [0.25, 0.3) is 5.65 Å². The number of carbonyl (C=O) groups is 1. The summed E-state index contributed by atoms with van der Waals surface area (Å²) in [5, 5.41) is 3.03. The van der Waals surface area contributed by atoms with E-state index in [2.05, 4.69) is 33.9 Å². The van der Waals surface area contributed by atoms with Crippen molar-refractivity contribution >= 4 is 11.6 Å². The van der Waals surface area contributed by atoms with Crippen molar-refractivity contribution in [2.24, 2.45) is 0 Å². The van der Waals surface area contributed by atoms with E-state index >= 15 is 0 Å². The Balaban J connectivity index is 1.97. The number of nitrogens with zero attached hydrogens (tertiary/aromatic N) is 4. The van der Waals surface area contributed by atoms with E-state index in [0.717, 1.165) is 43.8 Å². The van der Waals surface area contributed by atoms with Gasteiger partial charge in [-0.1, -0.05) is 19.9 Å². The van der Waals surface area contributed by atoms with Crippen molar-refractivity contribution in [3.05, 3.63) is 35.8 Å². The highest BCUT2D eigenvalue weighted by Gasteiger charge is 2.18. The average molecular weight is 345 g/mol. The maximum absolute atomic E-state index is 12.6. The molecule has 0 saturated heterocycles. The number of unbranched alkanes of at least 4 members (excludes halogenated alkanes) is 1. The molecular weight excluding hydrogens is 314 g/mol. The van der Waals surface area contributed by atoms with E-state index in [0.29, 0.717) is 18.8 Å². The summed E-state index contributed by atoms with van der Waals surface area (Å²) in [5.41, 5.74) is 2.27. The second-order valence-electron chi connectivity index (χ2n) is 6.56. The summed E-state index contributed by atoms with van der Waals surface area (Å²) in [6.45, 7) is 8.98. The fourth-order valence-corrected chi connectivity index (χ4v) is 2.96. The number of imidazole rings is 1. The minimum atomic E-state index is -0.0802. The van der Waals surface area contributed by atoms with Crippen LogP contribution in [0, 0.1) is 0 Å². The minimum Gasteiger partial charge on any atom is -0.351 e. The number of hydrogen-bond donors (Lipinski definition) is 1. The van der Waals surface area contributed by atoms with Gasteiger partial charge in [-0.25, -0.2) is 4.98 Å². The molecule has 1 N–H and O–H groups in total. The van der Waals surface area contributed by atoms with Gasteiger partial charge in [0.1, 0.15) is 5.65 Å². The lowest BCUT2D eigenvalue weighted by atomic mass is 10.2. The molecule has 138 valence electrons. The summed E-state index contributed by atoms with van der Waals surface area (Å²) in [6.07, 6.45) is 4.04. The second-order valence-corrected chi connectivity index (χ2v) is 6.56. The van der Waals surface area contributed by atoms with Crippen LogP contribution >= 0.6 is 0 Å². The monoisotopic (exact) mass is 345 g/mol. The second kappa shape index (κ2) is 9.53. The van der Waals surface area contributed by atoms with Crippen LogP contribution in [0.2, 0.25) is 0 Å². The molecule has 0 atom stereocenters. The Labute approximate surface area is 150 Å². The Morgan fingerprint density at radius 1 is 1.20 bits per heavy atom. The van der Waals surface area contributed by atoms with Gasteiger partial charge < -0.3 is 19.5 Å². The van der Waals surface area contributed by atoms with E-state index in [9.17, 15) is 4.79 Å². The van der Waals surface area contributed by atoms with E-state index in [1.165, 1.54) is 0 Å². The maximum atomic E-state index is 12.6. The third-order valence-electron chi connectivity index (χ3n) is 4.39. The van der Waals surface area contributed by atoms with Crippen LogP contribution < -0.4 is 5.32 Å². The Hall–Kier alpha value is -1.92. The van der Waals surface area contributed by atoms with Gasteiger partial charge >= 0.3 is 0 Å². The SMILES string of the molecule is CCN(CC)CCCCNC(=O)c1nc2ccccn2c1CN(C)C. The molecule has 0 aliphatic carbocycles. The summed E-state index contributed by atoms with van der Waals surface area (Å²) in [4.78, 5) is 21.6. The first-order chi connectivity index (χ1) is 12.1. The Morgan fingerprint density at radius 2 is 1.96 bits per heavy atom. The van der Waals surface area contributed by atoms with Crippen LogP contribution in [0.4, 0.5) is 0 Å². The quantitative estimate of drug-likeness (QED) is 0.671. The number of hydrogen-bond acceptors (Lipinski definition) is 4. The number of nitrogens with one attached hydrogen (secondary N) is 1. The molecule has 1 amide bonds. The van der Waals surface area contributed by atoms with Gasteiger partial charge in [-0.15, -0.1) is 0 Å². The molecule has 2 aromatic rings. The predicted molar refractivity (Wildman–Crippen MR) is 102 cm³/mol. The number of amides is 1. The summed E-state index contributed by atoms with van der Waals surface area (Å²) < 4.78 is 2.00. The van der Waals surface area contributed by atoms with Gasteiger partial charge in [0.25, 0.3) is 5.91 Å². The molecule has 6 heteroatoms. The van der Waals surface area contributed by atoms with Gasteiger partial charge in [-0.2, -0.15) is 0 Å². The molecule has 0 aliphatic heterocycles. The van der Waals surface area contributed by atoms with Crippen molar-refractivity contribution in [2.45, 2.75) is 33.2 Å². The van der Waals surface area contributed by atoms with Gasteiger partial charge in [0, 0.05) is 19.3 Å². The lowest BCUT2D eigenvalue weighted by molar-refractivity contribution is 0.0946. The molecule has 0 radical (unpaired) electrons. The normalized spacial score (nSPS) is 11.6. The van der Waals surface area contributed by atoms with Crippen LogP contribution in [0.3, 0.4) is 0 Å². The Kier molecular flexibility index (Phi) is 7.40. The van der Waals surface area contributed by atoms with Gasteiger partial charge in [-0.05, 0) is 58.7 Å². The van der Waals surface area contributed by atoms with Crippen molar-refractivity contribution < 1.29 is 4.79 Å². The smallest absolute Gasteiger partial charge is 0.271 e. The van der Waals surface area contributed by atoms with Crippen LogP contribution in [-0.4, -0.2) is 65.4 Å². The zero-order valence-electron chi connectivity index (χ0n) is 16.0. The van der Waals surface area contributed by atoms with Crippen LogP contribution in [0.15, 0.2) is 24.4 Å². The van der Waals surface area contributed by atoms with Gasteiger partial charge in [0.05, 0.1) is 5.69 Å². The zero-order chi connectivity index (χ0) is 18.2. The first kappa shape index (κ1) is 19.4. The molecule has 0 saturated carbocycles. The lowest BCUT2D eigenvalue weighted by Crippen LogP contribution is -2.28. The lowest BCUT2D eigenvalue weighted by Gasteiger charge is -2.17. The summed E-state index contributed by atoms with van der Waals surface area (Å²) in [7, 11) is 3.99. The largest absolute Gasteiger partial charge is 0.351 e. The number of pyridine rings is 1. The highest BCUT2D eigenvalue weighted by atomic mass is 16.1. The number of fused-ring (bicyclic) bond motifs is 1. The zero-order valence-corrected chi connectivity index (χ0v) is 16.0. The van der Waals surface area contributed by atoms with Crippen molar-refractivity contribution in [2.75, 3.05) is 40.3 Å². The van der Waals surface area contributed by atoms with Gasteiger partial charge in [0.2, 0.25) is 0 Å². The van der Waals surface area contributed by atoms with Crippen LogP contribution in [0.5, 0.6) is 0 Å². The van der Waals surface area contributed by atoms with E-state index < -0.39 is 0 Å². The molecule has 0 spiro atoms. The third kappa shape index (κ3) is 5.28. The van der Waals surface area contributed by atoms with Crippen molar-refractivity contribution in [1.82, 2.24) is 24.5 Å². The first-order valence-corrected chi connectivity index (χ1v) is 9.18. The Morgan fingerprint density at radius 3 is 2.64 bits per heavy atom. The van der Waals surface area contributed by atoms with E-state index in [1.54, 1.807) is 0 Å². The molecule has 2 heterocycles. The van der Waals surface area contributed by atoms with E-state index in [4.69, 9.17) is 0 Å². The van der Waals surface area contributed by atoms with E-state index in [1.807, 2.05) is 42.9 Å². The molecule has 0 aliphatic rings. The predicted octanol–water partition coefficient (Wildman–Crippen LogP) is 2.25. The summed E-state index contributed by atoms with van der Waals surface area (Å²) >= 11 is 0. The molecule has 0 fully saturated rings. The highest BCUT2D eigenvalue weighted by Crippen LogP contribution is 2.14. The number of rotatable bonds is 10. The van der Waals surface area contributed by atoms with Crippen molar-refractivity contribution in [1.29, 1.82) is 0 Å². The van der Waals surface area contributed by atoms with Crippen molar-refractivity contribution in [3.8, 4) is 0 Å². The maximum Gasteiger partial charge on any atom is 0.271 e.